The fourth-order valence-electron chi connectivity index (χ4n) is 5.33. The van der Waals surface area contributed by atoms with Crippen LogP contribution >= 0.6 is 0 Å². The van der Waals surface area contributed by atoms with Gasteiger partial charge in [-0.3, -0.25) is 4.79 Å². The summed E-state index contributed by atoms with van der Waals surface area (Å²) in [6.45, 7) is -1.68. The van der Waals surface area contributed by atoms with Crippen molar-refractivity contribution in [2.24, 2.45) is 0 Å². The smallest absolute Gasteiger partial charge is 0.364 e. The van der Waals surface area contributed by atoms with Gasteiger partial charge in [-0.05, 0) is 0 Å². The molecule has 0 aromatic heterocycles. The van der Waals surface area contributed by atoms with Gasteiger partial charge in [0.05, 0.1) is 44.2 Å². The van der Waals surface area contributed by atoms with E-state index >= 15 is 0 Å². The highest BCUT2D eigenvalue weighted by atomic mass is 19.1. The fourth-order valence-corrected chi connectivity index (χ4v) is 5.33. The molecule has 20 heteroatoms. The van der Waals surface area contributed by atoms with E-state index < -0.39 is 142 Å². The number of carboxylic acid groups (broad SMARTS) is 1. The first-order valence-corrected chi connectivity index (χ1v) is 13.7. The van der Waals surface area contributed by atoms with Crippen LogP contribution in [0.3, 0.4) is 0 Å². The van der Waals surface area contributed by atoms with Crippen molar-refractivity contribution in [3.8, 4) is 0 Å². The first-order valence-electron chi connectivity index (χ1n) is 13.7. The summed E-state index contributed by atoms with van der Waals surface area (Å²) in [6, 6.07) is -1.47. The predicted octanol–water partition coefficient (Wildman–Crippen LogP) is -6.86. The van der Waals surface area contributed by atoms with Gasteiger partial charge < -0.3 is 85.2 Å². The van der Waals surface area contributed by atoms with Crippen molar-refractivity contribution in [3.63, 3.8) is 0 Å². The highest BCUT2D eigenvalue weighted by Crippen LogP contribution is 2.38. The molecule has 0 unspecified atom stereocenters. The third-order valence-corrected chi connectivity index (χ3v) is 7.62. The molecule has 3 aliphatic rings. The number of carboxylic acids is 1. The Morgan fingerprint density at radius 2 is 1.59 bits per heavy atom. The van der Waals surface area contributed by atoms with E-state index in [1.165, 1.54) is 0 Å². The van der Waals surface area contributed by atoms with E-state index in [1.807, 2.05) is 0 Å². The Bertz CT molecular complexity index is 964. The summed E-state index contributed by atoms with van der Waals surface area (Å²) in [5.74, 6) is -5.66. The number of hydrogen-bond donors (Lipinski definition) is 12. The van der Waals surface area contributed by atoms with Gasteiger partial charge in [0.25, 0.3) is 5.79 Å². The molecule has 256 valence electrons. The summed E-state index contributed by atoms with van der Waals surface area (Å²) in [5, 5.41) is 115. The molecule has 1 amide bonds. The molecule has 3 fully saturated rings. The van der Waals surface area contributed by atoms with Gasteiger partial charge in [-0.25, -0.2) is 9.18 Å². The van der Waals surface area contributed by atoms with Crippen molar-refractivity contribution >= 4 is 11.9 Å². The monoisotopic (exact) mass is 649 g/mol. The second-order valence-electron chi connectivity index (χ2n) is 10.9. The van der Waals surface area contributed by atoms with Crippen LogP contribution in [0.2, 0.25) is 0 Å². The lowest BCUT2D eigenvalue weighted by Crippen LogP contribution is -2.70. The van der Waals surface area contributed by atoms with Crippen LogP contribution in [0.1, 0.15) is 19.8 Å². The number of aliphatic hydroxyl groups excluding tert-OH is 10. The molecule has 0 bridgehead atoms. The highest BCUT2D eigenvalue weighted by Gasteiger charge is 2.59. The van der Waals surface area contributed by atoms with Crippen LogP contribution in [0.5, 0.6) is 0 Å². The van der Waals surface area contributed by atoms with Crippen LogP contribution < -0.4 is 5.32 Å². The number of halogens is 1. The Hall–Kier alpha value is -1.73. The van der Waals surface area contributed by atoms with E-state index in [1.54, 1.807) is 0 Å². The van der Waals surface area contributed by atoms with Gasteiger partial charge in [-0.1, -0.05) is 0 Å². The van der Waals surface area contributed by atoms with Gasteiger partial charge in [-0.15, -0.1) is 0 Å². The molecule has 0 aliphatic carbocycles. The molecule has 0 aromatic rings. The van der Waals surface area contributed by atoms with E-state index in [9.17, 15) is 65.0 Å². The molecule has 3 aliphatic heterocycles. The summed E-state index contributed by atoms with van der Waals surface area (Å²) < 4.78 is 40.6. The summed E-state index contributed by atoms with van der Waals surface area (Å²) in [6.07, 6.45) is -28.6. The minimum atomic E-state index is -2.99. The minimum absolute atomic E-state index is 0.617. The van der Waals surface area contributed by atoms with Crippen molar-refractivity contribution in [1.29, 1.82) is 0 Å². The van der Waals surface area contributed by atoms with Crippen molar-refractivity contribution < 1.29 is 93.8 Å². The van der Waals surface area contributed by atoms with E-state index in [2.05, 4.69) is 5.32 Å². The number of alkyl halides is 1. The first-order chi connectivity index (χ1) is 20.6. The van der Waals surface area contributed by atoms with Crippen LogP contribution in [-0.4, -0.2) is 186 Å². The molecule has 0 saturated carbocycles. The van der Waals surface area contributed by atoms with Crippen molar-refractivity contribution in [3.05, 3.63) is 0 Å². The molecule has 0 radical (unpaired) electrons. The van der Waals surface area contributed by atoms with E-state index in [0.29, 0.717) is 0 Å². The van der Waals surface area contributed by atoms with Crippen molar-refractivity contribution in [2.45, 2.75) is 117 Å². The number of amides is 1. The van der Waals surface area contributed by atoms with Gasteiger partial charge >= 0.3 is 5.97 Å². The Labute approximate surface area is 248 Å². The zero-order valence-electron chi connectivity index (χ0n) is 23.4. The lowest BCUT2D eigenvalue weighted by molar-refractivity contribution is -0.382. The number of ether oxygens (including phenoxy) is 5. The van der Waals surface area contributed by atoms with Crippen molar-refractivity contribution in [1.82, 2.24) is 5.32 Å². The summed E-state index contributed by atoms with van der Waals surface area (Å²) >= 11 is 0. The lowest BCUT2D eigenvalue weighted by atomic mass is 9.88. The average molecular weight is 650 g/mol. The molecule has 16 atom stereocenters. The normalized spacial score (nSPS) is 44.5. The minimum Gasteiger partial charge on any atom is -0.477 e. The molecule has 3 heterocycles. The molecule has 3 saturated heterocycles. The van der Waals surface area contributed by atoms with Gasteiger partial charge in [-0.2, -0.15) is 0 Å². The van der Waals surface area contributed by atoms with Crippen LogP contribution in [-0.2, 0) is 33.3 Å². The molecular formula is C24H40FNO18. The number of hydrogen-bond acceptors (Lipinski definition) is 17. The summed E-state index contributed by atoms with van der Waals surface area (Å²) in [5.41, 5.74) is 0. The average Bonchev–Trinajstić information content (AvgIpc) is 2.97. The standard InChI is InChI=1S/C24H40FNO18/c1-7(30)26-13-10(33)3-24(23(38)39,43-18(13)9(32)2-8(31)4-27)44-20-14(34)11(5-28)41-22(17(20)37)42-19-12(6-29)40-21(25)16(36)15(19)35/h8-22,27-29,31-37H,2-6H2,1H3,(H,26,30)(H,38,39)/t8-,9-,10-,11+,12+,13+,14-,15+,16+,17+,18-,19+,20-,21-,22-,24-/m0/s1. The third-order valence-electron chi connectivity index (χ3n) is 7.62. The number of nitrogens with one attached hydrogen (secondary N) is 1. The summed E-state index contributed by atoms with van der Waals surface area (Å²) in [4.78, 5) is 24.4. The van der Waals surface area contributed by atoms with Gasteiger partial charge in [0, 0.05) is 19.8 Å². The maximum Gasteiger partial charge on any atom is 0.364 e. The Balaban J connectivity index is 1.94. The predicted molar refractivity (Wildman–Crippen MR) is 134 cm³/mol. The molecule has 0 aromatic carbocycles. The molecule has 19 nitrogen and oxygen atoms in total. The second-order valence-corrected chi connectivity index (χ2v) is 10.9. The molecule has 44 heavy (non-hydrogen) atoms. The van der Waals surface area contributed by atoms with Gasteiger partial charge in [0.1, 0.15) is 54.9 Å². The molecular weight excluding hydrogens is 609 g/mol. The van der Waals surface area contributed by atoms with E-state index in [0.717, 1.165) is 6.92 Å². The van der Waals surface area contributed by atoms with Gasteiger partial charge in [0.15, 0.2) is 6.29 Å². The molecule has 3 rings (SSSR count). The first kappa shape index (κ1) is 36.7. The maximum absolute atomic E-state index is 13.9. The SMILES string of the molecule is CC(=O)N[C@H]1[C@H]([C@@H](O)C[C@H](O)CO)O[C@@](O[C@H]2[C@@H](O)[C@@H](CO)O[C@@H](O[C@H]3[C@H](O)[C@@H](O)[C@@H](F)O[C@@H]3CO)[C@@H]2O)(C(=O)O)C[C@@H]1O. The number of aliphatic hydroxyl groups is 10. The Morgan fingerprint density at radius 1 is 0.955 bits per heavy atom. The third kappa shape index (κ3) is 7.79. The Kier molecular flexibility index (Phi) is 12.7. The maximum atomic E-state index is 13.9. The topological polar surface area (TPSA) is 315 Å². The van der Waals surface area contributed by atoms with Crippen LogP contribution in [0.15, 0.2) is 0 Å². The van der Waals surface area contributed by atoms with Crippen LogP contribution in [0.4, 0.5) is 4.39 Å². The van der Waals surface area contributed by atoms with E-state index in [4.69, 9.17) is 28.8 Å². The van der Waals surface area contributed by atoms with Gasteiger partial charge in [0.2, 0.25) is 12.3 Å². The van der Waals surface area contributed by atoms with Crippen LogP contribution in [0, 0.1) is 0 Å². The largest absolute Gasteiger partial charge is 0.477 e. The number of rotatable bonds is 12. The lowest BCUT2D eigenvalue weighted by Gasteiger charge is -2.50. The number of carbonyl (C=O) groups is 2. The summed E-state index contributed by atoms with van der Waals surface area (Å²) in [7, 11) is 0. The Morgan fingerprint density at radius 3 is 2.14 bits per heavy atom. The zero-order chi connectivity index (χ0) is 33.1. The van der Waals surface area contributed by atoms with Crippen LogP contribution in [0.25, 0.3) is 0 Å². The van der Waals surface area contributed by atoms with Crippen molar-refractivity contribution in [2.75, 3.05) is 19.8 Å². The number of aliphatic carboxylic acids is 1. The molecule has 0 spiro atoms. The zero-order valence-corrected chi connectivity index (χ0v) is 23.4. The second kappa shape index (κ2) is 15.2. The number of carbonyl (C=O) groups excluding carboxylic acids is 1. The fraction of sp³-hybridized carbons (Fsp3) is 0.917. The highest BCUT2D eigenvalue weighted by molar-refractivity contribution is 5.76. The molecule has 12 N–H and O–H groups in total. The van der Waals surface area contributed by atoms with E-state index in [-0.39, 0.29) is 0 Å². The quantitative estimate of drug-likeness (QED) is 0.0934.